The number of anilines is 1. The monoisotopic (exact) mass is 436 g/mol. The van der Waals surface area contributed by atoms with Crippen LogP contribution in [0.15, 0.2) is 71.8 Å². The summed E-state index contributed by atoms with van der Waals surface area (Å²) in [5.74, 6) is -1.69. The second-order valence-electron chi connectivity index (χ2n) is 7.53. The van der Waals surface area contributed by atoms with Crippen LogP contribution in [-0.4, -0.2) is 16.2 Å². The van der Waals surface area contributed by atoms with E-state index in [4.69, 9.17) is 0 Å². The van der Waals surface area contributed by atoms with Crippen LogP contribution < -0.4 is 5.32 Å². The number of amides is 1. The first kappa shape index (κ1) is 21.1. The number of benzene rings is 3. The van der Waals surface area contributed by atoms with Gasteiger partial charge in [0.2, 0.25) is 5.91 Å². The maximum atomic E-state index is 13.8. The predicted octanol–water partition coefficient (Wildman–Crippen LogP) is 6.32. The molecule has 0 aliphatic carbocycles. The number of carbonyl (C=O) groups excluding carboxylic acids is 1. The average Bonchev–Trinajstić information content (AvgIpc) is 3.09. The van der Waals surface area contributed by atoms with E-state index >= 15 is 0 Å². The van der Waals surface area contributed by atoms with Crippen LogP contribution in [0.25, 0.3) is 10.9 Å². The number of rotatable bonds is 6. The number of carbonyl (C=O) groups is 1. The van der Waals surface area contributed by atoms with Gasteiger partial charge in [0.25, 0.3) is 0 Å². The standard InChI is InChI=1S/C25H22F2N2OS/c1-16-7-8-17(2)18(11-16)13-29-14-24(20-5-3-4-6-23(20)29)31-15-25(30)28-22-10-9-19(26)12-21(22)27/h3-12,14H,13,15H2,1-2H3,(H,28,30). The van der Waals surface area contributed by atoms with Gasteiger partial charge in [0, 0.05) is 34.6 Å². The van der Waals surface area contributed by atoms with Crippen molar-refractivity contribution in [1.82, 2.24) is 4.57 Å². The van der Waals surface area contributed by atoms with Gasteiger partial charge >= 0.3 is 0 Å². The molecule has 3 nitrogen and oxygen atoms in total. The molecule has 0 fully saturated rings. The van der Waals surface area contributed by atoms with E-state index in [0.717, 1.165) is 34.5 Å². The van der Waals surface area contributed by atoms with E-state index in [2.05, 4.69) is 54.2 Å². The Kier molecular flexibility index (Phi) is 6.09. The van der Waals surface area contributed by atoms with Crippen molar-refractivity contribution in [3.8, 4) is 0 Å². The van der Waals surface area contributed by atoms with Crippen LogP contribution in [0.4, 0.5) is 14.5 Å². The SMILES string of the molecule is Cc1ccc(C)c(Cn2cc(SCC(=O)Nc3ccc(F)cc3F)c3ccccc32)c1. The molecule has 1 aromatic heterocycles. The molecule has 0 aliphatic heterocycles. The fourth-order valence-electron chi connectivity index (χ4n) is 3.53. The molecule has 3 aromatic carbocycles. The second kappa shape index (κ2) is 8.94. The third kappa shape index (κ3) is 4.80. The molecule has 0 bridgehead atoms. The Morgan fingerprint density at radius 2 is 1.84 bits per heavy atom. The van der Waals surface area contributed by atoms with Crippen LogP contribution >= 0.6 is 11.8 Å². The van der Waals surface area contributed by atoms with E-state index in [1.165, 1.54) is 34.5 Å². The van der Waals surface area contributed by atoms with E-state index in [9.17, 15) is 13.6 Å². The molecule has 0 saturated heterocycles. The van der Waals surface area contributed by atoms with Gasteiger partial charge in [-0.05, 0) is 43.2 Å². The number of nitrogens with zero attached hydrogens (tertiary/aromatic N) is 1. The lowest BCUT2D eigenvalue weighted by molar-refractivity contribution is -0.113. The highest BCUT2D eigenvalue weighted by Gasteiger charge is 2.13. The molecule has 4 aromatic rings. The van der Waals surface area contributed by atoms with E-state index in [1.54, 1.807) is 0 Å². The minimum atomic E-state index is -0.788. The van der Waals surface area contributed by atoms with Gasteiger partial charge in [-0.1, -0.05) is 42.0 Å². The number of para-hydroxylation sites is 1. The highest BCUT2D eigenvalue weighted by molar-refractivity contribution is 8.00. The van der Waals surface area contributed by atoms with Gasteiger partial charge in [0.05, 0.1) is 11.4 Å². The second-order valence-corrected chi connectivity index (χ2v) is 8.55. The first-order valence-corrected chi connectivity index (χ1v) is 10.9. The zero-order valence-corrected chi connectivity index (χ0v) is 18.1. The lowest BCUT2D eigenvalue weighted by atomic mass is 10.1. The summed E-state index contributed by atoms with van der Waals surface area (Å²) >= 11 is 1.40. The molecule has 0 unspecified atom stereocenters. The van der Waals surface area contributed by atoms with Crippen molar-refractivity contribution in [3.63, 3.8) is 0 Å². The first-order valence-electron chi connectivity index (χ1n) is 9.92. The summed E-state index contributed by atoms with van der Waals surface area (Å²) in [6, 6.07) is 17.6. The van der Waals surface area contributed by atoms with E-state index in [1.807, 2.05) is 18.2 Å². The third-order valence-corrected chi connectivity index (χ3v) is 6.20. The fraction of sp³-hybridized carbons (Fsp3) is 0.160. The van der Waals surface area contributed by atoms with Crippen LogP contribution in [-0.2, 0) is 11.3 Å². The summed E-state index contributed by atoms with van der Waals surface area (Å²) in [6.45, 7) is 4.93. The molecule has 0 aliphatic rings. The molecule has 31 heavy (non-hydrogen) atoms. The molecular formula is C25H22F2N2OS. The normalized spacial score (nSPS) is 11.1. The summed E-state index contributed by atoms with van der Waals surface area (Å²) in [5.41, 5.74) is 4.77. The topological polar surface area (TPSA) is 34.0 Å². The van der Waals surface area contributed by atoms with Crippen molar-refractivity contribution in [3.05, 3.63) is 95.2 Å². The molecule has 0 saturated carbocycles. The molecule has 1 N–H and O–H groups in total. The number of thioether (sulfide) groups is 1. The molecule has 0 radical (unpaired) electrons. The average molecular weight is 437 g/mol. The van der Waals surface area contributed by atoms with Crippen molar-refractivity contribution in [2.24, 2.45) is 0 Å². The van der Waals surface area contributed by atoms with E-state index in [-0.39, 0.29) is 17.3 Å². The van der Waals surface area contributed by atoms with Gasteiger partial charge in [-0.15, -0.1) is 11.8 Å². The van der Waals surface area contributed by atoms with E-state index in [0.29, 0.717) is 0 Å². The van der Waals surface area contributed by atoms with Crippen molar-refractivity contribution >= 4 is 34.3 Å². The van der Waals surface area contributed by atoms with Gasteiger partial charge < -0.3 is 9.88 Å². The minimum Gasteiger partial charge on any atom is -0.342 e. The number of aryl methyl sites for hydroxylation is 2. The summed E-state index contributed by atoms with van der Waals surface area (Å²) in [5, 5.41) is 3.58. The van der Waals surface area contributed by atoms with Crippen molar-refractivity contribution in [1.29, 1.82) is 0 Å². The van der Waals surface area contributed by atoms with E-state index < -0.39 is 11.6 Å². The number of fused-ring (bicyclic) bond motifs is 1. The Labute approximate surface area is 184 Å². The molecule has 158 valence electrons. The lowest BCUT2D eigenvalue weighted by Crippen LogP contribution is -2.15. The fourth-order valence-corrected chi connectivity index (χ4v) is 4.42. The van der Waals surface area contributed by atoms with Crippen LogP contribution in [0.5, 0.6) is 0 Å². The number of aromatic nitrogens is 1. The molecule has 1 amide bonds. The highest BCUT2D eigenvalue weighted by Crippen LogP contribution is 2.31. The Hall–Kier alpha value is -3.12. The van der Waals surface area contributed by atoms with Crippen LogP contribution in [0.2, 0.25) is 0 Å². The maximum absolute atomic E-state index is 13.8. The Bertz CT molecular complexity index is 1270. The number of hydrogen-bond acceptors (Lipinski definition) is 2. The third-order valence-electron chi connectivity index (χ3n) is 5.16. The Balaban J connectivity index is 1.53. The maximum Gasteiger partial charge on any atom is 0.234 e. The zero-order valence-electron chi connectivity index (χ0n) is 17.3. The first-order chi connectivity index (χ1) is 14.9. The summed E-state index contributed by atoms with van der Waals surface area (Å²) in [7, 11) is 0. The number of halogens is 2. The smallest absolute Gasteiger partial charge is 0.234 e. The van der Waals surface area contributed by atoms with Gasteiger partial charge in [-0.25, -0.2) is 8.78 Å². The van der Waals surface area contributed by atoms with Gasteiger partial charge in [0.15, 0.2) is 0 Å². The van der Waals surface area contributed by atoms with Crippen LogP contribution in [0.1, 0.15) is 16.7 Å². The highest BCUT2D eigenvalue weighted by atomic mass is 32.2. The lowest BCUT2D eigenvalue weighted by Gasteiger charge is -2.09. The zero-order chi connectivity index (χ0) is 22.0. The van der Waals surface area contributed by atoms with Crippen LogP contribution in [0.3, 0.4) is 0 Å². The summed E-state index contributed by atoms with van der Waals surface area (Å²) in [4.78, 5) is 13.3. The molecule has 1 heterocycles. The van der Waals surface area contributed by atoms with Crippen LogP contribution in [0, 0.1) is 25.5 Å². The molecular weight excluding hydrogens is 414 g/mol. The predicted molar refractivity (Wildman–Crippen MR) is 123 cm³/mol. The largest absolute Gasteiger partial charge is 0.342 e. The van der Waals surface area contributed by atoms with Crippen molar-refractivity contribution in [2.75, 3.05) is 11.1 Å². The quantitative estimate of drug-likeness (QED) is 0.359. The Morgan fingerprint density at radius 1 is 1.03 bits per heavy atom. The number of hydrogen-bond donors (Lipinski definition) is 1. The molecule has 0 spiro atoms. The Morgan fingerprint density at radius 3 is 2.65 bits per heavy atom. The molecule has 4 rings (SSSR count). The number of nitrogens with one attached hydrogen (secondary N) is 1. The molecule has 6 heteroatoms. The van der Waals surface area contributed by atoms with Gasteiger partial charge in [0.1, 0.15) is 11.6 Å². The minimum absolute atomic E-state index is 0.0237. The van der Waals surface area contributed by atoms with Crippen molar-refractivity contribution < 1.29 is 13.6 Å². The van der Waals surface area contributed by atoms with Crippen molar-refractivity contribution in [2.45, 2.75) is 25.3 Å². The van der Waals surface area contributed by atoms with Gasteiger partial charge in [-0.2, -0.15) is 0 Å². The van der Waals surface area contributed by atoms with Gasteiger partial charge in [-0.3, -0.25) is 4.79 Å². The molecule has 0 atom stereocenters. The summed E-state index contributed by atoms with van der Waals surface area (Å²) in [6.07, 6.45) is 2.06. The summed E-state index contributed by atoms with van der Waals surface area (Å²) < 4.78 is 29.0.